The molecule has 0 aliphatic rings. The smallest absolute Gasteiger partial charge is 0.337 e. The van der Waals surface area contributed by atoms with E-state index in [4.69, 9.17) is 4.42 Å². The number of rotatable bonds is 2. The van der Waals surface area contributed by atoms with Gasteiger partial charge >= 0.3 is 10.2 Å². The lowest BCUT2D eigenvalue weighted by Gasteiger charge is -1.91. The number of hydrogen-bond acceptors (Lipinski definition) is 5. The van der Waals surface area contributed by atoms with E-state index < -0.39 is 15.1 Å². The van der Waals surface area contributed by atoms with Crippen LogP contribution in [0.1, 0.15) is 5.76 Å². The quantitative estimate of drug-likeness (QED) is 0.738. The van der Waals surface area contributed by atoms with Crippen LogP contribution in [0.5, 0.6) is 0 Å². The molecule has 0 saturated heterocycles. The van der Waals surface area contributed by atoms with Crippen molar-refractivity contribution >= 4 is 10.2 Å². The van der Waals surface area contributed by atoms with Gasteiger partial charge in [-0.25, -0.2) is 0 Å². The van der Waals surface area contributed by atoms with E-state index in [1.54, 1.807) is 13.0 Å². The van der Waals surface area contributed by atoms with Gasteiger partial charge in [-0.2, -0.15) is 8.42 Å². The van der Waals surface area contributed by atoms with E-state index in [1.165, 1.54) is 6.07 Å². The van der Waals surface area contributed by atoms with Crippen molar-refractivity contribution in [1.29, 1.82) is 0 Å². The van der Waals surface area contributed by atoms with Gasteiger partial charge in [0.2, 0.25) is 5.76 Å². The molecule has 0 unspecified atom stereocenters. The first-order valence-electron chi connectivity index (χ1n) is 3.94. The molecule has 2 rings (SSSR count). The maximum absolute atomic E-state index is 12.7. The van der Waals surface area contributed by atoms with Crippen LogP contribution in [0, 0.1) is 6.92 Å². The van der Waals surface area contributed by atoms with Crippen molar-refractivity contribution in [2.24, 2.45) is 0 Å². The van der Waals surface area contributed by atoms with Crippen LogP contribution in [0.3, 0.4) is 0 Å². The average molecular weight is 231 g/mol. The topological polar surface area (TPSA) is 73.3 Å². The Kier molecular flexibility index (Phi) is 2.11. The standard InChI is InChI=1S/C8H6FNO4S/c1-5-2-3-6(13-5)8-7(4-10-14-8)15(9,11)12/h2-4H,1H3. The molecule has 0 atom stereocenters. The summed E-state index contributed by atoms with van der Waals surface area (Å²) in [5.74, 6) is 0.454. The molecule has 0 N–H and O–H groups in total. The Balaban J connectivity index is 2.60. The lowest BCUT2D eigenvalue weighted by atomic mass is 10.3. The van der Waals surface area contributed by atoms with Crippen molar-refractivity contribution in [3.8, 4) is 11.5 Å². The Morgan fingerprint density at radius 1 is 1.40 bits per heavy atom. The van der Waals surface area contributed by atoms with Crippen molar-refractivity contribution in [2.45, 2.75) is 11.8 Å². The van der Waals surface area contributed by atoms with Gasteiger partial charge in [-0.3, -0.25) is 0 Å². The monoisotopic (exact) mass is 231 g/mol. The zero-order chi connectivity index (χ0) is 11.1. The van der Waals surface area contributed by atoms with Crippen molar-refractivity contribution in [2.75, 3.05) is 0 Å². The first kappa shape index (κ1) is 9.91. The van der Waals surface area contributed by atoms with Gasteiger partial charge in [-0.1, -0.05) is 5.16 Å². The second-order valence-corrected chi connectivity index (χ2v) is 4.18. The van der Waals surface area contributed by atoms with Gasteiger partial charge in [0.25, 0.3) is 0 Å². The van der Waals surface area contributed by atoms with Crippen LogP contribution in [0.25, 0.3) is 11.5 Å². The van der Waals surface area contributed by atoms with Crippen LogP contribution in [0.4, 0.5) is 3.89 Å². The first-order valence-corrected chi connectivity index (χ1v) is 5.33. The molecule has 0 radical (unpaired) electrons. The Morgan fingerprint density at radius 3 is 2.67 bits per heavy atom. The molecule has 15 heavy (non-hydrogen) atoms. The zero-order valence-corrected chi connectivity index (χ0v) is 8.41. The molecule has 0 fully saturated rings. The van der Waals surface area contributed by atoms with Gasteiger partial charge in [0.1, 0.15) is 5.76 Å². The molecule has 2 heterocycles. The second kappa shape index (κ2) is 3.20. The second-order valence-electron chi connectivity index (χ2n) is 2.87. The predicted octanol–water partition coefficient (Wildman–Crippen LogP) is 1.90. The molecule has 0 aliphatic carbocycles. The highest BCUT2D eigenvalue weighted by Gasteiger charge is 2.24. The van der Waals surface area contributed by atoms with Crippen molar-refractivity contribution in [3.63, 3.8) is 0 Å². The number of halogens is 1. The van der Waals surface area contributed by atoms with Crippen molar-refractivity contribution in [3.05, 3.63) is 24.1 Å². The molecule has 0 bridgehead atoms. The van der Waals surface area contributed by atoms with E-state index in [0.717, 1.165) is 6.20 Å². The third kappa shape index (κ3) is 1.78. The molecule has 7 heteroatoms. The van der Waals surface area contributed by atoms with E-state index >= 15 is 0 Å². The third-order valence-electron chi connectivity index (χ3n) is 1.76. The van der Waals surface area contributed by atoms with Crippen molar-refractivity contribution in [1.82, 2.24) is 5.16 Å². The highest BCUT2D eigenvalue weighted by molar-refractivity contribution is 7.86. The Labute approximate surface area is 84.7 Å². The predicted molar refractivity (Wildman–Crippen MR) is 47.2 cm³/mol. The van der Waals surface area contributed by atoms with E-state index in [1.807, 2.05) is 0 Å². The highest BCUT2D eigenvalue weighted by atomic mass is 32.3. The fraction of sp³-hybridized carbons (Fsp3) is 0.125. The summed E-state index contributed by atoms with van der Waals surface area (Å²) in [6, 6.07) is 3.08. The number of aryl methyl sites for hydroxylation is 1. The van der Waals surface area contributed by atoms with Crippen LogP contribution in [-0.4, -0.2) is 13.6 Å². The minimum Gasteiger partial charge on any atom is -0.458 e. The van der Waals surface area contributed by atoms with Gasteiger partial charge in [0.05, 0.1) is 6.20 Å². The molecule has 80 valence electrons. The van der Waals surface area contributed by atoms with Gasteiger partial charge in [0.15, 0.2) is 10.7 Å². The zero-order valence-electron chi connectivity index (χ0n) is 7.60. The fourth-order valence-electron chi connectivity index (χ4n) is 1.13. The summed E-state index contributed by atoms with van der Waals surface area (Å²) in [5, 5.41) is 3.22. The van der Waals surface area contributed by atoms with E-state index in [-0.39, 0.29) is 11.5 Å². The Hall–Kier alpha value is -1.63. The van der Waals surface area contributed by atoms with E-state index in [0.29, 0.717) is 5.76 Å². The summed E-state index contributed by atoms with van der Waals surface area (Å²) in [6.45, 7) is 1.67. The van der Waals surface area contributed by atoms with Gasteiger partial charge in [0, 0.05) is 0 Å². The van der Waals surface area contributed by atoms with Gasteiger partial charge in [-0.05, 0) is 19.1 Å². The SMILES string of the molecule is Cc1ccc(-c2oncc2S(=O)(=O)F)o1. The fourth-order valence-corrected chi connectivity index (χ4v) is 1.66. The highest BCUT2D eigenvalue weighted by Crippen LogP contribution is 2.29. The minimum absolute atomic E-state index is 0.126. The molecule has 0 saturated carbocycles. The lowest BCUT2D eigenvalue weighted by molar-refractivity contribution is 0.413. The van der Waals surface area contributed by atoms with Crippen LogP contribution >= 0.6 is 0 Å². The number of nitrogens with zero attached hydrogens (tertiary/aromatic N) is 1. The molecule has 0 aliphatic heterocycles. The normalized spacial score (nSPS) is 11.9. The van der Waals surface area contributed by atoms with Gasteiger partial charge in [-0.15, -0.1) is 3.89 Å². The lowest BCUT2D eigenvalue weighted by Crippen LogP contribution is -1.91. The first-order chi connectivity index (χ1) is 6.98. The minimum atomic E-state index is -4.85. The van der Waals surface area contributed by atoms with Crippen LogP contribution in [0.2, 0.25) is 0 Å². The number of furan rings is 1. The summed E-state index contributed by atoms with van der Waals surface area (Å²) in [4.78, 5) is -0.628. The maximum Gasteiger partial charge on any atom is 0.337 e. The van der Waals surface area contributed by atoms with Gasteiger partial charge < -0.3 is 8.94 Å². The Morgan fingerprint density at radius 2 is 2.13 bits per heavy atom. The van der Waals surface area contributed by atoms with E-state index in [2.05, 4.69) is 9.68 Å². The maximum atomic E-state index is 12.7. The van der Waals surface area contributed by atoms with Crippen LogP contribution < -0.4 is 0 Å². The largest absolute Gasteiger partial charge is 0.458 e. The summed E-state index contributed by atoms with van der Waals surface area (Å²) in [7, 11) is -4.85. The molecular formula is C8H6FNO4S. The summed E-state index contributed by atoms with van der Waals surface area (Å²) < 4.78 is 43.8. The molecule has 2 aromatic heterocycles. The molecule has 0 amide bonds. The summed E-state index contributed by atoms with van der Waals surface area (Å²) in [6.07, 6.45) is 0.794. The molecule has 5 nitrogen and oxygen atoms in total. The Bertz CT molecular complexity index is 583. The summed E-state index contributed by atoms with van der Waals surface area (Å²) >= 11 is 0. The van der Waals surface area contributed by atoms with Crippen LogP contribution in [-0.2, 0) is 10.2 Å². The van der Waals surface area contributed by atoms with Crippen molar-refractivity contribution < 1.29 is 21.2 Å². The number of hydrogen-bond donors (Lipinski definition) is 0. The third-order valence-corrected chi connectivity index (χ3v) is 2.58. The van der Waals surface area contributed by atoms with Crippen LogP contribution in [0.15, 0.2) is 32.2 Å². The summed E-state index contributed by atoms with van der Waals surface area (Å²) in [5.41, 5.74) is 0. The molecular weight excluding hydrogens is 225 g/mol. The van der Waals surface area contributed by atoms with E-state index in [9.17, 15) is 12.3 Å². The average Bonchev–Trinajstić information content (AvgIpc) is 2.68. The number of aromatic nitrogens is 1. The molecule has 0 spiro atoms. The molecule has 0 aromatic carbocycles. The molecule has 2 aromatic rings.